The number of esters is 2. The van der Waals surface area contributed by atoms with Gasteiger partial charge in [-0.1, -0.05) is 55.5 Å². The maximum atomic E-state index is 13.5. The van der Waals surface area contributed by atoms with Crippen molar-refractivity contribution in [3.63, 3.8) is 0 Å². The normalized spacial score (nSPS) is 17.7. The Labute approximate surface area is 866 Å². The maximum Gasteiger partial charge on any atom is 0.407 e. The summed E-state index contributed by atoms with van der Waals surface area (Å²) in [4.78, 5) is 210. The summed E-state index contributed by atoms with van der Waals surface area (Å²) in [7, 11) is 7.82. The lowest BCUT2D eigenvalue weighted by Crippen LogP contribution is -2.56. The summed E-state index contributed by atoms with van der Waals surface area (Å²) in [5.74, 6) is -7.78. The van der Waals surface area contributed by atoms with Gasteiger partial charge in [-0.2, -0.15) is 0 Å². The van der Waals surface area contributed by atoms with Crippen molar-refractivity contribution in [2.45, 2.75) is 175 Å². The zero-order valence-electron chi connectivity index (χ0n) is 85.0. The van der Waals surface area contributed by atoms with Gasteiger partial charge in [-0.3, -0.25) is 62.3 Å². The highest BCUT2D eigenvalue weighted by atomic mass is 35.5. The number of hydrogen-bond acceptors (Lipinski definition) is 30. The molecule has 0 aromatic heterocycles. The molecule has 0 saturated carbocycles. The first-order valence-corrected chi connectivity index (χ1v) is 47.1. The second kappa shape index (κ2) is 52.3. The molecular weight excluding hydrogens is 1960 g/mol. The molecule has 8 aliphatic rings. The first-order chi connectivity index (χ1) is 69.7. The number of carbonyl (C=O) groups is 16. The van der Waals surface area contributed by atoms with Crippen LogP contribution in [0.25, 0.3) is 0 Å². The van der Waals surface area contributed by atoms with Crippen molar-refractivity contribution >= 4 is 153 Å². The number of ether oxygens (including phenoxy) is 8. The van der Waals surface area contributed by atoms with Crippen LogP contribution in [0.1, 0.15) is 148 Å². The van der Waals surface area contributed by atoms with Crippen LogP contribution in [-0.2, 0) is 138 Å². The highest BCUT2D eigenvalue weighted by Gasteiger charge is 2.47. The van der Waals surface area contributed by atoms with Crippen molar-refractivity contribution in [1.29, 1.82) is 0 Å². The van der Waals surface area contributed by atoms with Crippen molar-refractivity contribution in [3.8, 4) is 0 Å². The van der Waals surface area contributed by atoms with E-state index in [2.05, 4.69) is 45.6 Å². The number of hydrogen-bond donors (Lipinski definition) is 12. The summed E-state index contributed by atoms with van der Waals surface area (Å²) >= 11 is 0. The fourth-order valence-corrected chi connectivity index (χ4v) is 16.5. The molecule has 45 heteroatoms. The number of halogens is 1. The van der Waals surface area contributed by atoms with Gasteiger partial charge in [-0.15, -0.1) is 12.4 Å². The van der Waals surface area contributed by atoms with E-state index in [0.29, 0.717) is 94.8 Å². The number of morpholine rings is 4. The van der Waals surface area contributed by atoms with Gasteiger partial charge in [0.15, 0.2) is 36.6 Å². The van der Waals surface area contributed by atoms with Gasteiger partial charge in [0.25, 0.3) is 65.0 Å². The topological polar surface area (TPSA) is 601 Å². The first-order valence-electron chi connectivity index (χ1n) is 47.1. The Morgan fingerprint density at radius 3 is 0.953 bits per heavy atom. The van der Waals surface area contributed by atoms with Gasteiger partial charge in [0.05, 0.1) is 26.4 Å². The lowest BCUT2D eigenvalue weighted by molar-refractivity contribution is -0.177. The maximum absolute atomic E-state index is 13.5. The number of aliphatic hydroxyl groups is 3. The van der Waals surface area contributed by atoms with Crippen LogP contribution in [-0.4, -0.2) is 283 Å². The molecule has 0 bridgehead atoms. The Kier molecular flexibility index (Phi) is 41.1. The smallest absolute Gasteiger partial charge is 0.407 e. The van der Waals surface area contributed by atoms with Crippen LogP contribution < -0.4 is 63.8 Å². The van der Waals surface area contributed by atoms with Gasteiger partial charge in [0.2, 0.25) is 12.2 Å². The number of carboxylic acids is 1. The van der Waals surface area contributed by atoms with E-state index in [4.69, 9.17) is 54.5 Å². The highest BCUT2D eigenvalue weighted by molar-refractivity contribution is 6.09. The average molecular weight is 2080 g/mol. The van der Waals surface area contributed by atoms with E-state index in [9.17, 15) is 92.0 Å². The number of fused-ring (bicyclic) bond motifs is 4. The minimum absolute atomic E-state index is 0. The summed E-state index contributed by atoms with van der Waals surface area (Å²) in [6.07, 6.45) is -12.2. The molecule has 8 atom stereocenters. The number of amides is 13. The number of nitrogens with two attached hydrogens (primary N) is 2. The number of nitrogens with zero attached hydrogens (tertiary/aromatic N) is 8. The monoisotopic (exact) mass is 2080 g/mol. The van der Waals surface area contributed by atoms with E-state index < -0.39 is 131 Å². The third-order valence-electron chi connectivity index (χ3n) is 23.7. The van der Waals surface area contributed by atoms with Crippen LogP contribution in [0, 0.1) is 0 Å². The third-order valence-corrected chi connectivity index (χ3v) is 23.7. The second-order valence-corrected chi connectivity index (χ2v) is 37.0. The fourth-order valence-electron chi connectivity index (χ4n) is 16.5. The van der Waals surface area contributed by atoms with Crippen LogP contribution in [0.4, 0.5) is 55.1 Å². The number of alkyl carbamates (subject to hydrolysis) is 2. The SMILES string of the molecule is CC(=O)O[C@@H](C(=O)Nc1ccc(CNC(=O)OC(C)(C)C)cc1)[C@H]1OCCN(c2ccc3c(c2)CN(C)C3=O)C1=O.CC(=O)O[C@@H](C(=O)O)[C@H]1OCCN(c2ccc3c(c2)CN(C)C3=O)C1=O.CCc1ccc(N)cc1.CN1Cc2cc(N3CCO[C@H]([C@@H](O)C(=O)Nc4ccc(CN)cc4)C3=O)ccc2C1=O.CN1Cc2cc(N3CCO[C@H]([C@@H](O)C(=O)Nc4ccc(CNC(=O)OC(C)(C)C)cc4)C3=O)ccc2C1=O.CO.Cl.N. The Hall–Kier alpha value is -15.4. The molecule has 16 N–H and O–H groups in total. The Balaban J connectivity index is 0.000000214. The van der Waals surface area contributed by atoms with Crippen LogP contribution in [0.15, 0.2) is 170 Å². The zero-order chi connectivity index (χ0) is 107. The van der Waals surface area contributed by atoms with E-state index in [1.54, 1.807) is 235 Å². The lowest BCUT2D eigenvalue weighted by atomic mass is 10.1. The number of rotatable bonds is 23. The van der Waals surface area contributed by atoms with E-state index >= 15 is 0 Å². The number of anilines is 8. The number of nitrogens with one attached hydrogen (secondary N) is 5. The number of aryl methyl sites for hydroxylation is 1. The molecule has 8 aromatic rings. The van der Waals surface area contributed by atoms with Crippen molar-refractivity contribution in [2.24, 2.45) is 5.73 Å². The predicted molar refractivity (Wildman–Crippen MR) is 548 cm³/mol. The number of aliphatic hydroxyl groups excluding tert-OH is 3. The molecule has 0 spiro atoms. The van der Waals surface area contributed by atoms with Crippen LogP contribution >= 0.6 is 12.4 Å². The molecule has 4 saturated heterocycles. The number of benzene rings is 8. The second-order valence-electron chi connectivity index (χ2n) is 37.0. The summed E-state index contributed by atoms with van der Waals surface area (Å²) in [5.41, 5.74) is 23.6. The van der Waals surface area contributed by atoms with Gasteiger partial charge in [-0.25, -0.2) is 14.4 Å². The Bertz CT molecular complexity index is 6230. The molecule has 8 aliphatic heterocycles. The molecule has 8 aromatic carbocycles. The minimum atomic E-state index is -1.74. The van der Waals surface area contributed by atoms with Gasteiger partial charge >= 0.3 is 30.1 Å². The molecule has 44 nitrogen and oxygen atoms in total. The van der Waals surface area contributed by atoms with E-state index in [1.165, 1.54) is 25.2 Å². The molecule has 0 radical (unpaired) electrons. The van der Waals surface area contributed by atoms with Gasteiger partial charge in [0.1, 0.15) is 11.2 Å². The molecule has 16 rings (SSSR count). The Morgan fingerprint density at radius 1 is 0.403 bits per heavy atom. The minimum Gasteiger partial charge on any atom is -0.478 e. The van der Waals surface area contributed by atoms with Crippen LogP contribution in [0.3, 0.4) is 0 Å². The molecule has 0 unspecified atom stereocenters. The first kappa shape index (κ1) is 117. The molecule has 798 valence electrons. The summed E-state index contributed by atoms with van der Waals surface area (Å²) in [6, 6.07) is 48.6. The van der Waals surface area contributed by atoms with E-state index in [0.717, 1.165) is 72.0 Å². The zero-order valence-corrected chi connectivity index (χ0v) is 85.8. The standard InChI is InChI=1S/C29H34N4O8.C27H32N4O7.C22H24N4O5.C17H18N2O7.C8H11N.CH4O.ClH.H3N/c1-17(34)40-23(25(35)31-20-8-6-18(7-9-20)15-30-28(38)41-29(2,3)4)24-27(37)33(12-13-39-24)21-10-11-22-19(14-21)16-32(5)26(22)36;1-27(2,3)38-26(36)28-14-16-5-7-18(8-6-16)29-23(33)21(32)22-25(35)31(11-12-37-22)19-9-10-20-17(13-19)15-30(4)24(20)34;1-25-12-14-10-16(6-7-17(14)21(25)29)26-8-9-31-19(22(26)30)18(27)20(28)24-15-4-2-13(11-23)3-5-15;1-9(20)26-14(17(23)24)13-16(22)19(5-6-25-13)11-3-4-12-10(7-11)8-18(2)15(12)21;1-2-7-3-5-8(9)6-4-7;1-2;;/h6-11,14,23-24H,12-13,15-16H2,1-5H3,(H,30,38)(H,31,35);5-10,13,21-22,32H,11-12,14-15H2,1-4H3,(H,28,36)(H,29,33);2-7,10,18-19,27H,8-9,11-12,23H2,1H3,(H,24,28);3-4,7,13-14H,5-6,8H2,1-2H3,(H,23,24);3-6H,2,9H2,1H3;2H,1H3;1H;1H3/t23-,24-;21-,22-;18-,19-;13-,14-;;;;/m1111..../s1. The van der Waals surface area contributed by atoms with Crippen molar-refractivity contribution in [2.75, 3.05) is 129 Å². The Morgan fingerprint density at radius 2 is 0.671 bits per heavy atom. The van der Waals surface area contributed by atoms with Gasteiger partial charge < -0.3 is 142 Å². The largest absolute Gasteiger partial charge is 0.478 e. The number of carboxylic acid groups (broad SMARTS) is 1. The van der Waals surface area contributed by atoms with E-state index in [1.807, 2.05) is 12.1 Å². The average Bonchev–Trinajstić information content (AvgIpc) is 1.72. The third kappa shape index (κ3) is 30.4. The summed E-state index contributed by atoms with van der Waals surface area (Å²) in [6.45, 7) is 19.1. The van der Waals surface area contributed by atoms with Crippen LogP contribution in [0.2, 0.25) is 0 Å². The number of nitrogen functional groups attached to an aromatic ring is 1. The quantitative estimate of drug-likeness (QED) is 0.0172. The molecule has 4 fully saturated rings. The fraction of sp³-hybridized carbons (Fsp3) is 0.385. The highest BCUT2D eigenvalue weighted by Crippen LogP contribution is 2.36. The van der Waals surface area contributed by atoms with Gasteiger partial charge in [0, 0.05) is 189 Å². The van der Waals surface area contributed by atoms with Crippen molar-refractivity contribution in [1.82, 2.24) is 36.4 Å². The number of aliphatic carboxylic acids is 1. The molecule has 149 heavy (non-hydrogen) atoms. The summed E-state index contributed by atoms with van der Waals surface area (Å²) in [5, 5.41) is 50.6. The number of carbonyl (C=O) groups excluding carboxylic acids is 15. The molecule has 0 aliphatic carbocycles. The molecular formula is C104H127ClN16O28. The lowest BCUT2D eigenvalue weighted by Gasteiger charge is -2.35. The molecule has 13 amide bonds. The summed E-state index contributed by atoms with van der Waals surface area (Å²) < 4.78 is 42.3. The predicted octanol–water partition coefficient (Wildman–Crippen LogP) is 7.13. The van der Waals surface area contributed by atoms with Gasteiger partial charge in [-0.05, 0) is 214 Å². The van der Waals surface area contributed by atoms with E-state index in [-0.39, 0.29) is 108 Å². The van der Waals surface area contributed by atoms with Crippen molar-refractivity contribution in [3.05, 3.63) is 237 Å². The molecule has 8 heterocycles. The van der Waals surface area contributed by atoms with Crippen molar-refractivity contribution < 1.29 is 135 Å². The van der Waals surface area contributed by atoms with Crippen LogP contribution in [0.5, 0.6) is 0 Å².